The number of alkyl carbamates (subject to hydrolysis) is 1. The monoisotopic (exact) mass is 498 g/mol. The van der Waals surface area contributed by atoms with Gasteiger partial charge in [-0.05, 0) is 43.4 Å². The van der Waals surface area contributed by atoms with E-state index in [4.69, 9.17) is 16.2 Å². The maximum atomic E-state index is 12.9. The van der Waals surface area contributed by atoms with Gasteiger partial charge in [-0.3, -0.25) is 19.7 Å². The summed E-state index contributed by atoms with van der Waals surface area (Å²) in [6.45, 7) is 0.402. The van der Waals surface area contributed by atoms with Crippen molar-refractivity contribution in [2.24, 2.45) is 17.4 Å². The second kappa shape index (κ2) is 15.3. The molecule has 0 aliphatic carbocycles. The topological polar surface area (TPSA) is 174 Å². The molecule has 0 aromatic heterocycles. The molecule has 2 aromatic carbocycles. The van der Waals surface area contributed by atoms with E-state index in [1.54, 1.807) is 48.5 Å². The molecule has 0 aliphatic heterocycles. The van der Waals surface area contributed by atoms with Crippen LogP contribution in [0.2, 0.25) is 0 Å². The third-order valence-corrected chi connectivity index (χ3v) is 5.57. The Balaban J connectivity index is 2.08. The Labute approximate surface area is 210 Å². The molecule has 3 amide bonds. The van der Waals surface area contributed by atoms with E-state index in [9.17, 15) is 24.3 Å². The number of benzene rings is 2. The lowest BCUT2D eigenvalue weighted by Crippen LogP contribution is -2.53. The fourth-order valence-corrected chi connectivity index (χ4v) is 3.55. The second-order valence-corrected chi connectivity index (χ2v) is 8.46. The molecule has 0 spiro atoms. The number of nitrogens with two attached hydrogens (primary N) is 2. The molecule has 7 N–H and O–H groups in total. The van der Waals surface area contributed by atoms with Crippen molar-refractivity contribution >= 4 is 23.9 Å². The van der Waals surface area contributed by atoms with Crippen LogP contribution < -0.4 is 22.1 Å². The van der Waals surface area contributed by atoms with Crippen LogP contribution in [0.1, 0.15) is 36.8 Å². The minimum atomic E-state index is -1.31. The number of carbonyl (C=O) groups excluding carboxylic acids is 3. The average Bonchev–Trinajstić information content (AvgIpc) is 2.87. The molecule has 0 radical (unpaired) electrons. The first-order chi connectivity index (χ1) is 17.3. The highest BCUT2D eigenvalue weighted by Crippen LogP contribution is 2.16. The van der Waals surface area contributed by atoms with Crippen molar-refractivity contribution in [3.05, 3.63) is 71.8 Å². The van der Waals surface area contributed by atoms with Crippen molar-refractivity contribution in [2.75, 3.05) is 6.54 Å². The van der Waals surface area contributed by atoms with E-state index in [1.807, 2.05) is 12.1 Å². The predicted octanol–water partition coefficient (Wildman–Crippen LogP) is 1.71. The highest BCUT2D eigenvalue weighted by molar-refractivity contribution is 5.97. The second-order valence-electron chi connectivity index (χ2n) is 8.46. The van der Waals surface area contributed by atoms with Crippen molar-refractivity contribution in [3.8, 4) is 0 Å². The van der Waals surface area contributed by atoms with Crippen LogP contribution in [0.4, 0.5) is 4.79 Å². The van der Waals surface area contributed by atoms with Crippen molar-refractivity contribution in [1.82, 2.24) is 10.6 Å². The highest BCUT2D eigenvalue weighted by atomic mass is 16.5. The van der Waals surface area contributed by atoms with Crippen LogP contribution in [-0.4, -0.2) is 47.6 Å². The fourth-order valence-electron chi connectivity index (χ4n) is 3.55. The fraction of sp³-hybridized carbons (Fsp3) is 0.385. The van der Waals surface area contributed by atoms with Gasteiger partial charge in [0.25, 0.3) is 5.91 Å². The zero-order valence-corrected chi connectivity index (χ0v) is 20.1. The molecule has 3 atom stereocenters. The summed E-state index contributed by atoms with van der Waals surface area (Å²) in [5.74, 6) is -3.63. The first-order valence-electron chi connectivity index (χ1n) is 11.8. The molecule has 10 nitrogen and oxygen atoms in total. The number of carbonyl (C=O) groups is 4. The van der Waals surface area contributed by atoms with Crippen molar-refractivity contribution in [3.63, 3.8) is 0 Å². The minimum absolute atomic E-state index is 0.0608. The number of imide groups is 1. The van der Waals surface area contributed by atoms with Crippen LogP contribution >= 0.6 is 0 Å². The van der Waals surface area contributed by atoms with Crippen LogP contribution in [-0.2, 0) is 32.1 Å². The maximum absolute atomic E-state index is 12.9. The zero-order valence-electron chi connectivity index (χ0n) is 20.1. The number of ether oxygens (including phenoxy) is 1. The predicted molar refractivity (Wildman–Crippen MR) is 133 cm³/mol. The Morgan fingerprint density at radius 3 is 2.08 bits per heavy atom. The van der Waals surface area contributed by atoms with Gasteiger partial charge < -0.3 is 26.6 Å². The number of hydrogen-bond donors (Lipinski definition) is 5. The van der Waals surface area contributed by atoms with E-state index in [1.165, 1.54) is 0 Å². The Morgan fingerprint density at radius 1 is 0.889 bits per heavy atom. The average molecular weight is 499 g/mol. The summed E-state index contributed by atoms with van der Waals surface area (Å²) in [5, 5.41) is 14.4. The third-order valence-electron chi connectivity index (χ3n) is 5.57. The normalized spacial score (nSPS) is 13.2. The number of aliphatic carboxylic acids is 1. The molecule has 0 saturated carbocycles. The van der Waals surface area contributed by atoms with Gasteiger partial charge in [-0.15, -0.1) is 0 Å². The molecule has 2 rings (SSSR count). The van der Waals surface area contributed by atoms with Crippen molar-refractivity contribution in [2.45, 2.75) is 50.8 Å². The number of nitrogens with one attached hydrogen (secondary N) is 2. The SMILES string of the molecule is NCCCC[C@H](N)C(=O)N[C@@H](CC(Cc1ccccc1)C(=O)O)C(=O)NC(=O)OCc1ccccc1. The Hall–Kier alpha value is -3.76. The molecule has 0 saturated heterocycles. The lowest BCUT2D eigenvalue weighted by molar-refractivity contribution is -0.142. The van der Waals surface area contributed by atoms with E-state index in [0.717, 1.165) is 11.1 Å². The molecule has 2 aromatic rings. The van der Waals surface area contributed by atoms with E-state index in [2.05, 4.69) is 10.6 Å². The van der Waals surface area contributed by atoms with E-state index in [-0.39, 0.29) is 19.4 Å². The van der Waals surface area contributed by atoms with Gasteiger partial charge >= 0.3 is 12.1 Å². The molecular formula is C26H34N4O6. The van der Waals surface area contributed by atoms with Gasteiger partial charge in [0.05, 0.1) is 12.0 Å². The summed E-state index contributed by atoms with van der Waals surface area (Å²) in [4.78, 5) is 49.7. The first kappa shape index (κ1) is 28.5. The summed E-state index contributed by atoms with van der Waals surface area (Å²) in [7, 11) is 0. The summed E-state index contributed by atoms with van der Waals surface area (Å²) in [5.41, 5.74) is 12.9. The van der Waals surface area contributed by atoms with Crippen LogP contribution in [0.5, 0.6) is 0 Å². The quantitative estimate of drug-likeness (QED) is 0.245. The maximum Gasteiger partial charge on any atom is 0.414 e. The molecule has 0 bridgehead atoms. The highest BCUT2D eigenvalue weighted by Gasteiger charge is 2.31. The molecule has 10 heteroatoms. The van der Waals surface area contributed by atoms with Gasteiger partial charge in [0.15, 0.2) is 0 Å². The number of carboxylic acids is 1. The van der Waals surface area contributed by atoms with Crippen LogP contribution in [0.15, 0.2) is 60.7 Å². The number of unbranched alkanes of at least 4 members (excludes halogenated alkanes) is 1. The first-order valence-corrected chi connectivity index (χ1v) is 11.8. The smallest absolute Gasteiger partial charge is 0.414 e. The molecule has 0 heterocycles. The summed E-state index contributed by atoms with van der Waals surface area (Å²) >= 11 is 0. The van der Waals surface area contributed by atoms with E-state index < -0.39 is 41.9 Å². The third kappa shape index (κ3) is 10.2. The largest absolute Gasteiger partial charge is 0.481 e. The summed E-state index contributed by atoms with van der Waals surface area (Å²) in [6.07, 6.45) is 0.545. The lowest BCUT2D eigenvalue weighted by Gasteiger charge is -2.23. The molecule has 0 aliphatic rings. The summed E-state index contributed by atoms with van der Waals surface area (Å²) < 4.78 is 5.08. The van der Waals surface area contributed by atoms with E-state index in [0.29, 0.717) is 25.8 Å². The standard InChI is InChI=1S/C26H34N4O6/c27-14-8-7-13-21(28)23(31)29-22(16-20(25(33)34)15-18-9-3-1-4-10-18)24(32)30-26(35)36-17-19-11-5-2-6-12-19/h1-6,9-12,20-22H,7-8,13-17,27-28H2,(H,29,31)(H,33,34)(H,30,32,35)/t20?,21-,22-/m0/s1. The molecule has 0 fully saturated rings. The van der Waals surface area contributed by atoms with Crippen molar-refractivity contribution in [1.29, 1.82) is 0 Å². The zero-order chi connectivity index (χ0) is 26.3. The molecule has 36 heavy (non-hydrogen) atoms. The van der Waals surface area contributed by atoms with Crippen LogP contribution in [0.25, 0.3) is 0 Å². The van der Waals surface area contributed by atoms with Gasteiger partial charge in [0.1, 0.15) is 12.6 Å². The van der Waals surface area contributed by atoms with Gasteiger partial charge in [0.2, 0.25) is 5.91 Å². The number of carboxylic acid groups (broad SMARTS) is 1. The Morgan fingerprint density at radius 2 is 1.50 bits per heavy atom. The van der Waals surface area contributed by atoms with Crippen molar-refractivity contribution < 1.29 is 29.0 Å². The van der Waals surface area contributed by atoms with Gasteiger partial charge in [0, 0.05) is 0 Å². The summed E-state index contributed by atoms with van der Waals surface area (Å²) in [6, 6.07) is 15.6. The molecule has 1 unspecified atom stereocenters. The number of hydrogen-bond acceptors (Lipinski definition) is 7. The Kier molecular flexibility index (Phi) is 12.1. The lowest BCUT2D eigenvalue weighted by atomic mass is 9.92. The van der Waals surface area contributed by atoms with Crippen LogP contribution in [0, 0.1) is 5.92 Å². The number of rotatable bonds is 14. The van der Waals surface area contributed by atoms with Gasteiger partial charge in [-0.2, -0.15) is 0 Å². The molecule has 194 valence electrons. The van der Waals surface area contributed by atoms with Gasteiger partial charge in [-0.25, -0.2) is 4.79 Å². The van der Waals surface area contributed by atoms with Gasteiger partial charge in [-0.1, -0.05) is 67.1 Å². The van der Waals surface area contributed by atoms with Crippen LogP contribution in [0.3, 0.4) is 0 Å². The van der Waals surface area contributed by atoms with E-state index >= 15 is 0 Å². The minimum Gasteiger partial charge on any atom is -0.481 e. The molecular weight excluding hydrogens is 464 g/mol. The Bertz CT molecular complexity index is 986. The number of amides is 3.